The third-order valence-corrected chi connectivity index (χ3v) is 6.95. The number of likely N-dealkylation sites (tertiary alicyclic amines) is 1. The van der Waals surface area contributed by atoms with E-state index in [-0.39, 0.29) is 12.5 Å². The van der Waals surface area contributed by atoms with E-state index in [9.17, 15) is 13.2 Å². The fourth-order valence-corrected chi connectivity index (χ4v) is 5.10. The number of rotatable bonds is 3. The van der Waals surface area contributed by atoms with Crippen molar-refractivity contribution in [3.63, 3.8) is 0 Å². The maximum Gasteiger partial charge on any atom is 0.256 e. The molecule has 25 heavy (non-hydrogen) atoms. The monoisotopic (exact) mass is 354 g/mol. The average Bonchev–Trinajstić information content (AvgIpc) is 3.30. The number of hydrogen-bond acceptors (Lipinski definition) is 3. The van der Waals surface area contributed by atoms with Crippen molar-refractivity contribution in [2.24, 2.45) is 0 Å². The van der Waals surface area contributed by atoms with Crippen molar-refractivity contribution in [2.45, 2.75) is 16.6 Å². The van der Waals surface area contributed by atoms with Crippen molar-refractivity contribution < 1.29 is 13.2 Å². The Morgan fingerprint density at radius 3 is 2.56 bits per heavy atom. The summed E-state index contributed by atoms with van der Waals surface area (Å²) in [7, 11) is -3.42. The number of sulfone groups is 1. The van der Waals surface area contributed by atoms with Gasteiger partial charge in [-0.05, 0) is 24.6 Å². The van der Waals surface area contributed by atoms with Crippen LogP contribution in [-0.2, 0) is 9.84 Å². The molecule has 1 N–H and O–H groups in total. The lowest BCUT2D eigenvalue weighted by atomic mass is 10.1. The first kappa shape index (κ1) is 15.9. The van der Waals surface area contributed by atoms with E-state index in [2.05, 4.69) is 4.98 Å². The van der Waals surface area contributed by atoms with Crippen molar-refractivity contribution in [1.29, 1.82) is 0 Å². The van der Waals surface area contributed by atoms with Crippen LogP contribution < -0.4 is 0 Å². The molecule has 5 nitrogen and oxygen atoms in total. The molecule has 0 bridgehead atoms. The Morgan fingerprint density at radius 1 is 1.04 bits per heavy atom. The number of nitrogens with zero attached hydrogens (tertiary/aromatic N) is 1. The van der Waals surface area contributed by atoms with E-state index in [1.54, 1.807) is 41.4 Å². The summed E-state index contributed by atoms with van der Waals surface area (Å²) in [6.07, 6.45) is 2.16. The Morgan fingerprint density at radius 2 is 1.76 bits per heavy atom. The molecular weight excluding hydrogens is 336 g/mol. The number of H-pyrrole nitrogens is 1. The van der Waals surface area contributed by atoms with Gasteiger partial charge in [-0.25, -0.2) is 8.42 Å². The molecule has 1 fully saturated rings. The molecule has 0 spiro atoms. The van der Waals surface area contributed by atoms with Gasteiger partial charge in [0, 0.05) is 30.2 Å². The zero-order chi connectivity index (χ0) is 17.4. The van der Waals surface area contributed by atoms with E-state index in [1.165, 1.54) is 0 Å². The molecule has 4 rings (SSSR count). The Hall–Kier alpha value is -2.60. The smallest absolute Gasteiger partial charge is 0.256 e. The van der Waals surface area contributed by atoms with E-state index < -0.39 is 15.1 Å². The van der Waals surface area contributed by atoms with Gasteiger partial charge in [0.2, 0.25) is 0 Å². The maximum absolute atomic E-state index is 12.8. The van der Waals surface area contributed by atoms with Crippen molar-refractivity contribution >= 4 is 26.6 Å². The topological polar surface area (TPSA) is 70.2 Å². The van der Waals surface area contributed by atoms with Crippen LogP contribution in [0.1, 0.15) is 16.8 Å². The third kappa shape index (κ3) is 2.72. The molecular formula is C19H18N2O3S. The number of aromatic amines is 1. The predicted octanol–water partition coefficient (Wildman–Crippen LogP) is 2.86. The highest BCUT2D eigenvalue weighted by Crippen LogP contribution is 2.26. The van der Waals surface area contributed by atoms with Crippen LogP contribution in [-0.4, -0.2) is 42.5 Å². The minimum absolute atomic E-state index is 0.122. The average molecular weight is 354 g/mol. The fourth-order valence-electron chi connectivity index (χ4n) is 3.39. The number of aromatic nitrogens is 1. The van der Waals surface area contributed by atoms with Gasteiger partial charge >= 0.3 is 0 Å². The standard InChI is InChI=1S/C19H18N2O3S/c22-19(17-12-20-18-9-5-4-8-16(17)18)21-11-10-15(13-21)25(23,24)14-6-2-1-3-7-14/h1-9,12,15,20H,10-11,13H2. The fraction of sp³-hybridized carbons (Fsp3) is 0.211. The normalized spacial score (nSPS) is 17.9. The first-order valence-corrected chi connectivity index (χ1v) is 9.76. The lowest BCUT2D eigenvalue weighted by molar-refractivity contribution is 0.0795. The van der Waals surface area contributed by atoms with E-state index in [4.69, 9.17) is 0 Å². The van der Waals surface area contributed by atoms with Gasteiger partial charge < -0.3 is 9.88 Å². The summed E-state index contributed by atoms with van der Waals surface area (Å²) < 4.78 is 25.5. The van der Waals surface area contributed by atoms with Gasteiger partial charge in [-0.1, -0.05) is 36.4 Å². The summed E-state index contributed by atoms with van der Waals surface area (Å²) in [5.74, 6) is -0.122. The second-order valence-corrected chi connectivity index (χ2v) is 8.50. The molecule has 6 heteroatoms. The van der Waals surface area contributed by atoms with Crippen LogP contribution in [0.3, 0.4) is 0 Å². The van der Waals surface area contributed by atoms with Crippen LogP contribution in [0.4, 0.5) is 0 Å². The van der Waals surface area contributed by atoms with Crippen LogP contribution in [0.2, 0.25) is 0 Å². The summed E-state index contributed by atoms with van der Waals surface area (Å²) in [6, 6.07) is 16.1. The molecule has 0 radical (unpaired) electrons. The number of para-hydroxylation sites is 1. The molecule has 1 aliphatic rings. The van der Waals surface area contributed by atoms with E-state index >= 15 is 0 Å². The lowest BCUT2D eigenvalue weighted by Gasteiger charge is -2.16. The molecule has 1 amide bonds. The molecule has 1 atom stereocenters. The van der Waals surface area contributed by atoms with Gasteiger partial charge in [0.25, 0.3) is 5.91 Å². The Labute approximate surface area is 146 Å². The van der Waals surface area contributed by atoms with Crippen molar-refractivity contribution in [3.8, 4) is 0 Å². The van der Waals surface area contributed by atoms with Crippen LogP contribution in [0.5, 0.6) is 0 Å². The molecule has 3 aromatic rings. The minimum Gasteiger partial charge on any atom is -0.360 e. The van der Waals surface area contributed by atoms with Crippen LogP contribution >= 0.6 is 0 Å². The number of benzene rings is 2. The molecule has 1 aromatic heterocycles. The maximum atomic E-state index is 12.8. The SMILES string of the molecule is O=C(c1c[nH]c2ccccc12)N1CCC(S(=O)(=O)c2ccccc2)C1. The third-order valence-electron chi connectivity index (χ3n) is 4.76. The molecule has 0 aliphatic carbocycles. The molecule has 0 saturated carbocycles. The van der Waals surface area contributed by atoms with Crippen molar-refractivity contribution in [1.82, 2.24) is 9.88 Å². The van der Waals surface area contributed by atoms with E-state index in [0.717, 1.165) is 10.9 Å². The van der Waals surface area contributed by atoms with Crippen molar-refractivity contribution in [3.05, 3.63) is 66.4 Å². The second-order valence-electron chi connectivity index (χ2n) is 6.27. The number of amides is 1. The molecule has 1 saturated heterocycles. The van der Waals surface area contributed by atoms with Crippen molar-refractivity contribution in [2.75, 3.05) is 13.1 Å². The second kappa shape index (κ2) is 6.04. The van der Waals surface area contributed by atoms with Gasteiger partial charge in [-0.3, -0.25) is 4.79 Å². The molecule has 1 unspecified atom stereocenters. The summed E-state index contributed by atoms with van der Waals surface area (Å²) in [5.41, 5.74) is 1.49. The van der Waals surface area contributed by atoms with E-state index in [1.807, 2.05) is 24.3 Å². The number of nitrogens with one attached hydrogen (secondary N) is 1. The van der Waals surface area contributed by atoms with Crippen LogP contribution in [0.25, 0.3) is 10.9 Å². The highest BCUT2D eigenvalue weighted by Gasteiger charge is 2.36. The highest BCUT2D eigenvalue weighted by molar-refractivity contribution is 7.92. The number of hydrogen-bond donors (Lipinski definition) is 1. The van der Waals surface area contributed by atoms with Gasteiger partial charge in [-0.15, -0.1) is 0 Å². The van der Waals surface area contributed by atoms with Gasteiger partial charge in [0.15, 0.2) is 9.84 Å². The lowest BCUT2D eigenvalue weighted by Crippen LogP contribution is -2.31. The molecule has 2 heterocycles. The number of carbonyl (C=O) groups is 1. The van der Waals surface area contributed by atoms with Gasteiger partial charge in [-0.2, -0.15) is 0 Å². The Bertz CT molecular complexity index is 1030. The predicted molar refractivity (Wildman–Crippen MR) is 96.2 cm³/mol. The van der Waals surface area contributed by atoms with Gasteiger partial charge in [0.05, 0.1) is 15.7 Å². The molecule has 128 valence electrons. The molecule has 1 aliphatic heterocycles. The number of carbonyl (C=O) groups excluding carboxylic acids is 1. The number of fused-ring (bicyclic) bond motifs is 1. The summed E-state index contributed by atoms with van der Waals surface area (Å²) in [6.45, 7) is 0.685. The largest absolute Gasteiger partial charge is 0.360 e. The highest BCUT2D eigenvalue weighted by atomic mass is 32.2. The minimum atomic E-state index is -3.42. The summed E-state index contributed by atoms with van der Waals surface area (Å²) >= 11 is 0. The quantitative estimate of drug-likeness (QED) is 0.786. The first-order valence-electron chi connectivity index (χ1n) is 8.22. The molecule has 2 aromatic carbocycles. The van der Waals surface area contributed by atoms with Gasteiger partial charge in [0.1, 0.15) is 0 Å². The Kier molecular flexibility index (Phi) is 3.84. The zero-order valence-electron chi connectivity index (χ0n) is 13.6. The van der Waals surface area contributed by atoms with Crippen LogP contribution in [0.15, 0.2) is 65.7 Å². The summed E-state index contributed by atoms with van der Waals surface area (Å²) in [4.78, 5) is 17.9. The zero-order valence-corrected chi connectivity index (χ0v) is 14.4. The summed E-state index contributed by atoms with van der Waals surface area (Å²) in [5, 5.41) is 0.311. The van der Waals surface area contributed by atoms with Crippen LogP contribution in [0, 0.1) is 0 Å². The first-order chi connectivity index (χ1) is 12.1. The van der Waals surface area contributed by atoms with E-state index in [0.29, 0.717) is 23.4 Å². The Balaban J connectivity index is 1.57.